The van der Waals surface area contributed by atoms with Crippen molar-refractivity contribution in [2.45, 2.75) is 13.0 Å². The van der Waals surface area contributed by atoms with Crippen molar-refractivity contribution in [2.75, 3.05) is 0 Å². The number of thiazole rings is 1. The van der Waals surface area contributed by atoms with E-state index in [-0.39, 0.29) is 12.2 Å². The molecule has 3 rings (SSSR count). The van der Waals surface area contributed by atoms with Gasteiger partial charge < -0.3 is 4.74 Å². The van der Waals surface area contributed by atoms with Gasteiger partial charge in [0.25, 0.3) is 5.91 Å². The highest BCUT2D eigenvalue weighted by Crippen LogP contribution is 2.15. The number of halogens is 1. The SMILES string of the molecule is O=C(Cc1ccc(F)cc1)NNC(=O)c1cccc(OCc2cscn2)c1. The largest absolute Gasteiger partial charge is 0.487 e. The minimum atomic E-state index is -0.471. The molecule has 0 fully saturated rings. The van der Waals surface area contributed by atoms with E-state index >= 15 is 0 Å². The number of hydrogen-bond donors (Lipinski definition) is 2. The number of aromatic nitrogens is 1. The molecule has 0 saturated heterocycles. The summed E-state index contributed by atoms with van der Waals surface area (Å²) in [5.74, 6) is -0.731. The minimum absolute atomic E-state index is 0.0252. The fourth-order valence-electron chi connectivity index (χ4n) is 2.22. The average Bonchev–Trinajstić information content (AvgIpc) is 3.20. The van der Waals surface area contributed by atoms with E-state index in [2.05, 4.69) is 15.8 Å². The molecule has 0 bridgehead atoms. The van der Waals surface area contributed by atoms with Gasteiger partial charge in [0.2, 0.25) is 5.91 Å². The fourth-order valence-corrected chi connectivity index (χ4v) is 2.77. The maximum atomic E-state index is 12.9. The number of nitrogens with one attached hydrogen (secondary N) is 2. The number of benzene rings is 2. The molecule has 0 aliphatic heterocycles. The van der Waals surface area contributed by atoms with E-state index in [4.69, 9.17) is 4.74 Å². The van der Waals surface area contributed by atoms with Gasteiger partial charge in [0, 0.05) is 10.9 Å². The Kier molecular flexibility index (Phi) is 6.11. The predicted molar refractivity (Wildman–Crippen MR) is 98.6 cm³/mol. The van der Waals surface area contributed by atoms with E-state index in [0.717, 1.165) is 5.69 Å². The van der Waals surface area contributed by atoms with Gasteiger partial charge in [-0.25, -0.2) is 9.37 Å². The molecule has 0 unspecified atom stereocenters. The van der Waals surface area contributed by atoms with Crippen LogP contribution in [0.4, 0.5) is 4.39 Å². The van der Waals surface area contributed by atoms with Gasteiger partial charge >= 0.3 is 0 Å². The lowest BCUT2D eigenvalue weighted by Crippen LogP contribution is -2.42. The zero-order chi connectivity index (χ0) is 19.1. The van der Waals surface area contributed by atoms with Crippen LogP contribution in [0.1, 0.15) is 21.6 Å². The van der Waals surface area contributed by atoms with Crippen LogP contribution in [-0.4, -0.2) is 16.8 Å². The fraction of sp³-hybridized carbons (Fsp3) is 0.105. The predicted octanol–water partition coefficient (Wildman–Crippen LogP) is 2.86. The van der Waals surface area contributed by atoms with Crippen LogP contribution in [0.25, 0.3) is 0 Å². The Morgan fingerprint density at radius 2 is 1.93 bits per heavy atom. The highest BCUT2D eigenvalue weighted by molar-refractivity contribution is 7.07. The molecule has 2 N–H and O–H groups in total. The zero-order valence-corrected chi connectivity index (χ0v) is 15.0. The van der Waals surface area contributed by atoms with Crippen molar-refractivity contribution < 1.29 is 18.7 Å². The lowest BCUT2D eigenvalue weighted by atomic mass is 10.1. The third kappa shape index (κ3) is 5.61. The molecule has 6 nitrogen and oxygen atoms in total. The molecular weight excluding hydrogens is 369 g/mol. The number of rotatable bonds is 6. The summed E-state index contributed by atoms with van der Waals surface area (Å²) in [6.45, 7) is 0.309. The van der Waals surface area contributed by atoms with E-state index in [1.807, 2.05) is 5.38 Å². The highest BCUT2D eigenvalue weighted by atomic mass is 32.1. The third-order valence-electron chi connectivity index (χ3n) is 3.56. The number of ether oxygens (including phenoxy) is 1. The number of hydrazine groups is 1. The van der Waals surface area contributed by atoms with Crippen LogP contribution < -0.4 is 15.6 Å². The van der Waals surface area contributed by atoms with Gasteiger partial charge in [0.15, 0.2) is 0 Å². The van der Waals surface area contributed by atoms with Crippen LogP contribution in [0.3, 0.4) is 0 Å². The second kappa shape index (κ2) is 8.91. The van der Waals surface area contributed by atoms with Crippen molar-refractivity contribution in [1.82, 2.24) is 15.8 Å². The first-order valence-electron chi connectivity index (χ1n) is 8.04. The molecule has 27 heavy (non-hydrogen) atoms. The molecule has 8 heteroatoms. The van der Waals surface area contributed by atoms with Gasteiger partial charge in [0.1, 0.15) is 18.2 Å². The van der Waals surface area contributed by atoms with Gasteiger partial charge in [-0.2, -0.15) is 0 Å². The number of hydrogen-bond acceptors (Lipinski definition) is 5. The molecule has 0 spiro atoms. The average molecular weight is 385 g/mol. The van der Waals surface area contributed by atoms with Crippen LogP contribution >= 0.6 is 11.3 Å². The molecule has 0 radical (unpaired) electrons. The van der Waals surface area contributed by atoms with Crippen molar-refractivity contribution >= 4 is 23.2 Å². The normalized spacial score (nSPS) is 10.3. The Hall–Kier alpha value is -3.26. The van der Waals surface area contributed by atoms with Crippen molar-refractivity contribution in [1.29, 1.82) is 0 Å². The Morgan fingerprint density at radius 1 is 1.11 bits per heavy atom. The molecule has 0 aliphatic carbocycles. The molecule has 2 amide bonds. The number of nitrogens with zero attached hydrogens (tertiary/aromatic N) is 1. The Balaban J connectivity index is 1.50. The van der Waals surface area contributed by atoms with E-state index in [0.29, 0.717) is 23.5 Å². The van der Waals surface area contributed by atoms with E-state index in [1.165, 1.54) is 35.6 Å². The van der Waals surface area contributed by atoms with Gasteiger partial charge in [0.05, 0.1) is 17.6 Å². The quantitative estimate of drug-likeness (QED) is 0.640. The lowest BCUT2D eigenvalue weighted by Gasteiger charge is -2.09. The summed E-state index contributed by atoms with van der Waals surface area (Å²) in [5.41, 5.74) is 8.19. The minimum Gasteiger partial charge on any atom is -0.487 e. The molecule has 3 aromatic rings. The monoisotopic (exact) mass is 385 g/mol. The Bertz CT molecular complexity index is 914. The zero-order valence-electron chi connectivity index (χ0n) is 14.1. The summed E-state index contributed by atoms with van der Waals surface area (Å²) in [6.07, 6.45) is 0.0252. The van der Waals surface area contributed by atoms with Crippen LogP contribution in [-0.2, 0) is 17.8 Å². The highest BCUT2D eigenvalue weighted by Gasteiger charge is 2.09. The topological polar surface area (TPSA) is 80.3 Å². The molecule has 138 valence electrons. The maximum Gasteiger partial charge on any atom is 0.269 e. The van der Waals surface area contributed by atoms with Crippen LogP contribution in [0.15, 0.2) is 59.4 Å². The summed E-state index contributed by atoms with van der Waals surface area (Å²) in [6, 6.07) is 12.2. The van der Waals surface area contributed by atoms with Gasteiger partial charge in [-0.15, -0.1) is 11.3 Å². The molecule has 1 heterocycles. The molecule has 0 aliphatic rings. The lowest BCUT2D eigenvalue weighted by molar-refractivity contribution is -0.121. The van der Waals surface area contributed by atoms with Crippen molar-refractivity contribution in [3.8, 4) is 5.75 Å². The first kappa shape index (κ1) is 18.5. The van der Waals surface area contributed by atoms with Gasteiger partial charge in [-0.3, -0.25) is 20.4 Å². The first-order chi connectivity index (χ1) is 13.1. The van der Waals surface area contributed by atoms with Gasteiger partial charge in [-0.05, 0) is 35.9 Å². The Morgan fingerprint density at radius 3 is 2.67 bits per heavy atom. The second-order valence-electron chi connectivity index (χ2n) is 5.60. The number of carbonyl (C=O) groups excluding carboxylic acids is 2. The molecule has 1 aromatic heterocycles. The number of amides is 2. The summed E-state index contributed by atoms with van der Waals surface area (Å²) in [7, 11) is 0. The summed E-state index contributed by atoms with van der Waals surface area (Å²) < 4.78 is 18.5. The van der Waals surface area contributed by atoms with Crippen LogP contribution in [0, 0.1) is 5.82 Å². The second-order valence-corrected chi connectivity index (χ2v) is 6.32. The molecule has 0 saturated carbocycles. The molecular formula is C19H16FN3O3S. The first-order valence-corrected chi connectivity index (χ1v) is 8.98. The number of carbonyl (C=O) groups is 2. The van der Waals surface area contributed by atoms with Crippen molar-refractivity contribution in [3.05, 3.63) is 82.1 Å². The smallest absolute Gasteiger partial charge is 0.269 e. The Labute approximate surface area is 159 Å². The van der Waals surface area contributed by atoms with Crippen LogP contribution in [0.2, 0.25) is 0 Å². The maximum absolute atomic E-state index is 12.9. The molecule has 2 aromatic carbocycles. The van der Waals surface area contributed by atoms with E-state index in [9.17, 15) is 14.0 Å². The van der Waals surface area contributed by atoms with Crippen molar-refractivity contribution in [3.63, 3.8) is 0 Å². The van der Waals surface area contributed by atoms with E-state index in [1.54, 1.807) is 29.8 Å². The summed E-state index contributed by atoms with van der Waals surface area (Å²) in [4.78, 5) is 28.2. The summed E-state index contributed by atoms with van der Waals surface area (Å²) in [5, 5.41) is 1.88. The standard InChI is InChI=1S/C19H16FN3O3S/c20-15-6-4-13(5-7-15)8-18(24)22-23-19(25)14-2-1-3-17(9-14)26-10-16-11-27-12-21-16/h1-7,9,11-12H,8,10H2,(H,22,24)(H,23,25). The van der Waals surface area contributed by atoms with Crippen LogP contribution in [0.5, 0.6) is 5.75 Å². The van der Waals surface area contributed by atoms with Gasteiger partial charge in [-0.1, -0.05) is 18.2 Å². The molecule has 0 atom stereocenters. The van der Waals surface area contributed by atoms with Crippen molar-refractivity contribution in [2.24, 2.45) is 0 Å². The third-order valence-corrected chi connectivity index (χ3v) is 4.20. The van der Waals surface area contributed by atoms with E-state index < -0.39 is 11.8 Å². The summed E-state index contributed by atoms with van der Waals surface area (Å²) >= 11 is 1.48.